The van der Waals surface area contributed by atoms with Crippen LogP contribution in [0.2, 0.25) is 0 Å². The topological polar surface area (TPSA) is 92.2 Å². The molecule has 1 aromatic carbocycles. The molecule has 0 radical (unpaired) electrons. The van der Waals surface area contributed by atoms with Gasteiger partial charge in [0.05, 0.1) is 0 Å². The second kappa shape index (κ2) is 10.1. The number of rotatable bonds is 9. The Kier molecular flexibility index (Phi) is 7.29. The first kappa shape index (κ1) is 20.9. The fourth-order valence-corrected chi connectivity index (χ4v) is 3.60. The maximum absolute atomic E-state index is 13.2. The molecule has 156 valence electrons. The predicted molar refractivity (Wildman–Crippen MR) is 105 cm³/mol. The molecule has 8 nitrogen and oxygen atoms in total. The number of amides is 2. The van der Waals surface area contributed by atoms with Crippen molar-refractivity contribution in [1.29, 1.82) is 0 Å². The van der Waals surface area contributed by atoms with Crippen LogP contribution in [0, 0.1) is 5.82 Å². The predicted octanol–water partition coefficient (Wildman–Crippen LogP) is 1.09. The second-order valence-electron chi connectivity index (χ2n) is 7.42. The minimum Gasteiger partial charge on any atom is -0.354 e. The van der Waals surface area contributed by atoms with E-state index in [1.165, 1.54) is 12.1 Å². The molecule has 2 heterocycles. The Bertz CT molecular complexity index is 813. The van der Waals surface area contributed by atoms with Gasteiger partial charge in [-0.25, -0.2) is 4.39 Å². The van der Waals surface area contributed by atoms with Crippen LogP contribution in [0.5, 0.6) is 0 Å². The van der Waals surface area contributed by atoms with E-state index in [1.54, 1.807) is 29.4 Å². The Labute approximate surface area is 169 Å². The van der Waals surface area contributed by atoms with Gasteiger partial charge < -0.3 is 15.2 Å². The zero-order chi connectivity index (χ0) is 20.6. The molecule has 3 rings (SSSR count). The lowest BCUT2D eigenvalue weighted by molar-refractivity contribution is -0.123. The average molecular weight is 402 g/mol. The molecule has 2 atom stereocenters. The number of nitrogens with one attached hydrogen (secondary N) is 2. The Morgan fingerprint density at radius 3 is 2.66 bits per heavy atom. The quantitative estimate of drug-likeness (QED) is 0.655. The number of carbonyl (C=O) groups excluding carboxylic acids is 2. The number of nitrogens with zero attached hydrogens (tertiary/aromatic N) is 4. The van der Waals surface area contributed by atoms with E-state index >= 15 is 0 Å². The van der Waals surface area contributed by atoms with Crippen LogP contribution in [0.25, 0.3) is 0 Å². The van der Waals surface area contributed by atoms with Crippen LogP contribution in [-0.2, 0) is 22.7 Å². The number of hydrogen-bond acceptors (Lipinski definition) is 5. The highest BCUT2D eigenvalue weighted by atomic mass is 19.1. The summed E-state index contributed by atoms with van der Waals surface area (Å²) in [6.45, 7) is 1.44. The highest BCUT2D eigenvalue weighted by Gasteiger charge is 2.31. The fourth-order valence-electron chi connectivity index (χ4n) is 3.60. The molecular weight excluding hydrogens is 375 g/mol. The number of aryl methyl sites for hydroxylation is 1. The van der Waals surface area contributed by atoms with Crippen molar-refractivity contribution in [3.05, 3.63) is 48.3 Å². The fraction of sp³-hybridized carbons (Fsp3) is 0.500. The number of likely N-dealkylation sites (N-methyl/N-ethyl adjacent to an activating group) is 1. The van der Waals surface area contributed by atoms with Gasteiger partial charge in [-0.05, 0) is 37.6 Å². The molecule has 1 aliphatic rings. The summed E-state index contributed by atoms with van der Waals surface area (Å²) in [6, 6.07) is 6.58. The zero-order valence-corrected chi connectivity index (χ0v) is 16.6. The third-order valence-corrected chi connectivity index (χ3v) is 5.38. The Morgan fingerprint density at radius 1 is 1.14 bits per heavy atom. The monoisotopic (exact) mass is 402 g/mol. The van der Waals surface area contributed by atoms with Gasteiger partial charge in [0, 0.05) is 44.6 Å². The standard InChI is InChI=1S/C20H27FN6O2/c1-26-17(10-20(29)22-11-15-3-2-4-16(21)9-15)5-6-18(26)12-23-19(28)7-8-27-13-24-25-14-27/h2-4,9,13-14,17-18H,5-8,10-12H2,1H3,(H,22,29)(H,23,28)/t17-,18+/m1/s1. The molecule has 0 saturated carbocycles. The summed E-state index contributed by atoms with van der Waals surface area (Å²) < 4.78 is 15.0. The number of halogens is 1. The molecule has 9 heteroatoms. The third kappa shape index (κ3) is 6.35. The molecule has 1 aliphatic heterocycles. The second-order valence-corrected chi connectivity index (χ2v) is 7.42. The van der Waals surface area contributed by atoms with E-state index in [0.29, 0.717) is 32.5 Å². The van der Waals surface area contributed by atoms with Gasteiger partial charge in [0.2, 0.25) is 11.8 Å². The zero-order valence-electron chi connectivity index (χ0n) is 16.6. The van der Waals surface area contributed by atoms with Gasteiger partial charge in [-0.3, -0.25) is 14.5 Å². The lowest BCUT2D eigenvalue weighted by atomic mass is 10.1. The summed E-state index contributed by atoms with van der Waals surface area (Å²) in [7, 11) is 1.99. The molecule has 29 heavy (non-hydrogen) atoms. The summed E-state index contributed by atoms with van der Waals surface area (Å²) in [5.41, 5.74) is 0.741. The molecule has 0 bridgehead atoms. The molecule has 1 fully saturated rings. The molecular formula is C20H27FN6O2. The van der Waals surface area contributed by atoms with Crippen LogP contribution in [-0.4, -0.2) is 57.2 Å². The van der Waals surface area contributed by atoms with Crippen LogP contribution < -0.4 is 10.6 Å². The molecule has 1 saturated heterocycles. The normalized spacial score (nSPS) is 19.2. The Morgan fingerprint density at radius 2 is 1.90 bits per heavy atom. The van der Waals surface area contributed by atoms with E-state index in [0.717, 1.165) is 18.4 Å². The van der Waals surface area contributed by atoms with Crippen LogP contribution in [0.1, 0.15) is 31.2 Å². The van der Waals surface area contributed by atoms with E-state index in [9.17, 15) is 14.0 Å². The Hall–Kier alpha value is -2.81. The molecule has 2 N–H and O–H groups in total. The van der Waals surface area contributed by atoms with Crippen molar-refractivity contribution < 1.29 is 14.0 Å². The van der Waals surface area contributed by atoms with Crippen molar-refractivity contribution in [3.63, 3.8) is 0 Å². The maximum Gasteiger partial charge on any atom is 0.221 e. The molecule has 1 aromatic heterocycles. The highest BCUT2D eigenvalue weighted by Crippen LogP contribution is 2.24. The van der Waals surface area contributed by atoms with E-state index in [2.05, 4.69) is 25.7 Å². The lowest BCUT2D eigenvalue weighted by Gasteiger charge is -2.25. The van der Waals surface area contributed by atoms with Crippen LogP contribution in [0.3, 0.4) is 0 Å². The van der Waals surface area contributed by atoms with Gasteiger partial charge in [-0.2, -0.15) is 0 Å². The van der Waals surface area contributed by atoms with Crippen LogP contribution in [0.15, 0.2) is 36.9 Å². The van der Waals surface area contributed by atoms with Crippen molar-refractivity contribution in [2.24, 2.45) is 0 Å². The number of hydrogen-bond donors (Lipinski definition) is 2. The van der Waals surface area contributed by atoms with Crippen molar-refractivity contribution in [2.45, 2.75) is 50.9 Å². The minimum absolute atomic E-state index is 0.0108. The smallest absolute Gasteiger partial charge is 0.221 e. The summed E-state index contributed by atoms with van der Waals surface area (Å²) in [5, 5.41) is 13.2. The van der Waals surface area contributed by atoms with Gasteiger partial charge in [-0.15, -0.1) is 10.2 Å². The van der Waals surface area contributed by atoms with Crippen molar-refractivity contribution in [3.8, 4) is 0 Å². The van der Waals surface area contributed by atoms with E-state index in [4.69, 9.17) is 0 Å². The number of aromatic nitrogens is 3. The summed E-state index contributed by atoms with van der Waals surface area (Å²) in [6.07, 6.45) is 5.78. The first-order valence-electron chi connectivity index (χ1n) is 9.83. The third-order valence-electron chi connectivity index (χ3n) is 5.38. The van der Waals surface area contributed by atoms with Gasteiger partial charge in [0.25, 0.3) is 0 Å². The summed E-state index contributed by atoms with van der Waals surface area (Å²) in [4.78, 5) is 26.5. The van der Waals surface area contributed by atoms with E-state index < -0.39 is 0 Å². The molecule has 0 unspecified atom stereocenters. The number of carbonyl (C=O) groups is 2. The maximum atomic E-state index is 13.2. The van der Waals surface area contributed by atoms with Gasteiger partial charge in [0.15, 0.2) is 0 Å². The highest BCUT2D eigenvalue weighted by molar-refractivity contribution is 5.76. The Balaban J connectivity index is 1.35. The molecule has 2 amide bonds. The molecule has 0 aliphatic carbocycles. The van der Waals surface area contributed by atoms with Crippen molar-refractivity contribution >= 4 is 11.8 Å². The minimum atomic E-state index is -0.307. The van der Waals surface area contributed by atoms with E-state index in [-0.39, 0.29) is 29.7 Å². The van der Waals surface area contributed by atoms with E-state index in [1.807, 2.05) is 7.05 Å². The summed E-state index contributed by atoms with van der Waals surface area (Å²) >= 11 is 0. The largest absolute Gasteiger partial charge is 0.354 e. The van der Waals surface area contributed by atoms with Gasteiger partial charge in [0.1, 0.15) is 18.5 Å². The number of benzene rings is 1. The van der Waals surface area contributed by atoms with Gasteiger partial charge >= 0.3 is 0 Å². The lowest BCUT2D eigenvalue weighted by Crippen LogP contribution is -2.42. The summed E-state index contributed by atoms with van der Waals surface area (Å²) in [5.74, 6) is -0.369. The van der Waals surface area contributed by atoms with Gasteiger partial charge in [-0.1, -0.05) is 12.1 Å². The molecule has 2 aromatic rings. The van der Waals surface area contributed by atoms with Crippen molar-refractivity contribution in [1.82, 2.24) is 30.3 Å². The first-order valence-corrected chi connectivity index (χ1v) is 9.83. The first-order chi connectivity index (χ1) is 14.0. The van der Waals surface area contributed by atoms with Crippen LogP contribution >= 0.6 is 0 Å². The van der Waals surface area contributed by atoms with Crippen molar-refractivity contribution in [2.75, 3.05) is 13.6 Å². The van der Waals surface area contributed by atoms with Crippen LogP contribution in [0.4, 0.5) is 4.39 Å². The number of likely N-dealkylation sites (tertiary alicyclic amines) is 1. The SMILES string of the molecule is CN1[C@@H](CC(=O)NCc2cccc(F)c2)CC[C@H]1CNC(=O)CCn1cnnc1. The molecule has 0 spiro atoms. The average Bonchev–Trinajstić information content (AvgIpc) is 3.34.